The molecule has 2 rings (SSSR count). The monoisotopic (exact) mass is 195 g/mol. The lowest BCUT2D eigenvalue weighted by atomic mass is 10.0. The van der Waals surface area contributed by atoms with Crippen molar-refractivity contribution >= 4 is 17.5 Å². The molecule has 0 aliphatic heterocycles. The molecule has 0 radical (unpaired) electrons. The highest BCUT2D eigenvalue weighted by Gasteiger charge is 2.26. The minimum absolute atomic E-state index is 0.131. The molecule has 0 spiro atoms. The van der Waals surface area contributed by atoms with E-state index in [1.807, 2.05) is 18.2 Å². The Balaban J connectivity index is 2.46. The number of primary amides is 1. The third-order valence-corrected chi connectivity index (χ3v) is 2.76. The number of aryl methyl sites for hydroxylation is 1. The van der Waals surface area contributed by atoms with Gasteiger partial charge in [0, 0.05) is 5.02 Å². The van der Waals surface area contributed by atoms with Gasteiger partial charge in [0.1, 0.15) is 0 Å². The zero-order chi connectivity index (χ0) is 9.42. The van der Waals surface area contributed by atoms with Gasteiger partial charge in [-0.05, 0) is 36.1 Å². The predicted molar refractivity (Wildman–Crippen MR) is 51.7 cm³/mol. The minimum atomic E-state index is -0.249. The largest absolute Gasteiger partial charge is 0.369 e. The zero-order valence-corrected chi connectivity index (χ0v) is 7.84. The molecule has 0 bridgehead atoms. The number of hydrogen-bond donors (Lipinski definition) is 1. The Morgan fingerprint density at radius 1 is 1.54 bits per heavy atom. The third-order valence-electron chi connectivity index (χ3n) is 2.53. The molecule has 1 aliphatic rings. The van der Waals surface area contributed by atoms with E-state index in [0.717, 1.165) is 18.4 Å². The van der Waals surface area contributed by atoms with Crippen LogP contribution >= 0.6 is 11.6 Å². The summed E-state index contributed by atoms with van der Waals surface area (Å²) < 4.78 is 0. The maximum absolute atomic E-state index is 11.1. The summed E-state index contributed by atoms with van der Waals surface area (Å²) in [7, 11) is 0. The van der Waals surface area contributed by atoms with E-state index in [1.54, 1.807) is 0 Å². The first kappa shape index (κ1) is 8.57. The fourth-order valence-electron chi connectivity index (χ4n) is 1.87. The quantitative estimate of drug-likeness (QED) is 0.730. The van der Waals surface area contributed by atoms with Crippen molar-refractivity contribution in [3.8, 4) is 0 Å². The smallest absolute Gasteiger partial charge is 0.224 e. The number of carbonyl (C=O) groups excluding carboxylic acids is 1. The Morgan fingerprint density at radius 2 is 2.31 bits per heavy atom. The highest BCUT2D eigenvalue weighted by atomic mass is 35.5. The average molecular weight is 196 g/mol. The Labute approximate surface area is 81.7 Å². The number of hydrogen-bond acceptors (Lipinski definition) is 1. The second kappa shape index (κ2) is 3.04. The van der Waals surface area contributed by atoms with Gasteiger partial charge < -0.3 is 5.73 Å². The molecule has 0 unspecified atom stereocenters. The molecule has 3 heteroatoms. The van der Waals surface area contributed by atoms with Crippen LogP contribution in [0.1, 0.15) is 23.5 Å². The molecule has 2 N–H and O–H groups in total. The lowest BCUT2D eigenvalue weighted by Gasteiger charge is -2.06. The van der Waals surface area contributed by atoms with Crippen LogP contribution < -0.4 is 5.73 Å². The van der Waals surface area contributed by atoms with Crippen molar-refractivity contribution in [2.24, 2.45) is 5.73 Å². The van der Waals surface area contributed by atoms with Gasteiger partial charge in [-0.1, -0.05) is 17.7 Å². The van der Waals surface area contributed by atoms with Gasteiger partial charge in [-0.15, -0.1) is 0 Å². The number of halogens is 1. The molecule has 1 aromatic rings. The highest BCUT2D eigenvalue weighted by molar-refractivity contribution is 6.30. The lowest BCUT2D eigenvalue weighted by Crippen LogP contribution is -2.19. The minimum Gasteiger partial charge on any atom is -0.369 e. The van der Waals surface area contributed by atoms with Gasteiger partial charge in [0.05, 0.1) is 5.92 Å². The maximum Gasteiger partial charge on any atom is 0.224 e. The molecule has 1 aliphatic carbocycles. The van der Waals surface area contributed by atoms with E-state index < -0.39 is 0 Å². The Bertz CT molecular complexity index is 362. The Morgan fingerprint density at radius 3 is 3.00 bits per heavy atom. The van der Waals surface area contributed by atoms with Crippen molar-refractivity contribution in [1.29, 1.82) is 0 Å². The van der Waals surface area contributed by atoms with Crippen LogP contribution in [0.4, 0.5) is 0 Å². The summed E-state index contributed by atoms with van der Waals surface area (Å²) in [6.45, 7) is 0. The summed E-state index contributed by atoms with van der Waals surface area (Å²) >= 11 is 5.84. The summed E-state index contributed by atoms with van der Waals surface area (Å²) in [5.74, 6) is -0.380. The van der Waals surface area contributed by atoms with E-state index in [9.17, 15) is 4.79 Å². The second-order valence-corrected chi connectivity index (χ2v) is 3.77. The molecule has 1 amide bonds. The number of amides is 1. The summed E-state index contributed by atoms with van der Waals surface area (Å²) in [5, 5.41) is 0.673. The van der Waals surface area contributed by atoms with Crippen molar-refractivity contribution in [3.05, 3.63) is 34.3 Å². The van der Waals surface area contributed by atoms with Crippen LogP contribution in [0.2, 0.25) is 5.02 Å². The number of fused-ring (bicyclic) bond motifs is 1. The fourth-order valence-corrected chi connectivity index (χ4v) is 2.05. The standard InChI is InChI=1S/C10H10ClNO/c11-7-3-1-6-2-4-8(10(12)13)9(6)5-7/h1,3,5,8H,2,4H2,(H2,12,13)/t8-/m1/s1. The maximum atomic E-state index is 11.1. The van der Waals surface area contributed by atoms with Crippen LogP contribution in [0.5, 0.6) is 0 Å². The molecule has 1 aromatic carbocycles. The molecule has 2 nitrogen and oxygen atoms in total. The van der Waals surface area contributed by atoms with E-state index in [-0.39, 0.29) is 11.8 Å². The topological polar surface area (TPSA) is 43.1 Å². The van der Waals surface area contributed by atoms with Gasteiger partial charge in [0.2, 0.25) is 5.91 Å². The zero-order valence-electron chi connectivity index (χ0n) is 7.09. The van der Waals surface area contributed by atoms with Crippen molar-refractivity contribution < 1.29 is 4.79 Å². The van der Waals surface area contributed by atoms with Gasteiger partial charge in [-0.2, -0.15) is 0 Å². The molecule has 13 heavy (non-hydrogen) atoms. The van der Waals surface area contributed by atoms with Crippen LogP contribution in [0, 0.1) is 0 Å². The molecule has 0 fully saturated rings. The van der Waals surface area contributed by atoms with Crippen molar-refractivity contribution in [2.45, 2.75) is 18.8 Å². The lowest BCUT2D eigenvalue weighted by molar-refractivity contribution is -0.119. The third kappa shape index (κ3) is 1.42. The predicted octanol–water partition coefficient (Wildman–Crippen LogP) is 1.86. The number of nitrogens with two attached hydrogens (primary N) is 1. The molecule has 0 heterocycles. The first-order valence-electron chi connectivity index (χ1n) is 4.26. The first-order chi connectivity index (χ1) is 6.18. The Kier molecular flexibility index (Phi) is 2.00. The first-order valence-corrected chi connectivity index (χ1v) is 4.64. The van der Waals surface area contributed by atoms with Crippen LogP contribution in [-0.4, -0.2) is 5.91 Å². The Hall–Kier alpha value is -1.02. The molecule has 0 aromatic heterocycles. The van der Waals surface area contributed by atoms with Crippen molar-refractivity contribution in [3.63, 3.8) is 0 Å². The van der Waals surface area contributed by atoms with Gasteiger partial charge in [0.15, 0.2) is 0 Å². The number of carbonyl (C=O) groups is 1. The normalized spacial score (nSPS) is 19.9. The summed E-state index contributed by atoms with van der Waals surface area (Å²) in [5.41, 5.74) is 7.50. The highest BCUT2D eigenvalue weighted by Crippen LogP contribution is 2.34. The molecular weight excluding hydrogens is 186 g/mol. The molecule has 0 saturated heterocycles. The van der Waals surface area contributed by atoms with E-state index >= 15 is 0 Å². The second-order valence-electron chi connectivity index (χ2n) is 3.34. The van der Waals surface area contributed by atoms with Crippen LogP contribution in [0.25, 0.3) is 0 Å². The van der Waals surface area contributed by atoms with E-state index in [2.05, 4.69) is 0 Å². The molecule has 1 atom stereocenters. The number of rotatable bonds is 1. The molecule has 0 saturated carbocycles. The van der Waals surface area contributed by atoms with E-state index in [1.165, 1.54) is 5.56 Å². The van der Waals surface area contributed by atoms with Gasteiger partial charge >= 0.3 is 0 Å². The van der Waals surface area contributed by atoms with Crippen LogP contribution in [0.15, 0.2) is 18.2 Å². The molecular formula is C10H10ClNO. The number of benzene rings is 1. The van der Waals surface area contributed by atoms with E-state index in [4.69, 9.17) is 17.3 Å². The summed E-state index contributed by atoms with van der Waals surface area (Å²) in [4.78, 5) is 11.1. The van der Waals surface area contributed by atoms with Crippen molar-refractivity contribution in [2.75, 3.05) is 0 Å². The van der Waals surface area contributed by atoms with Crippen molar-refractivity contribution in [1.82, 2.24) is 0 Å². The molecule has 68 valence electrons. The van der Waals surface area contributed by atoms with Gasteiger partial charge in [-0.3, -0.25) is 4.79 Å². The SMILES string of the molecule is NC(=O)[C@@H]1CCc2ccc(Cl)cc21. The van der Waals surface area contributed by atoms with Gasteiger partial charge in [0.25, 0.3) is 0 Å². The summed E-state index contributed by atoms with van der Waals surface area (Å²) in [6, 6.07) is 5.67. The fraction of sp³-hybridized carbons (Fsp3) is 0.300. The van der Waals surface area contributed by atoms with Gasteiger partial charge in [-0.25, -0.2) is 0 Å². The van der Waals surface area contributed by atoms with Crippen LogP contribution in [-0.2, 0) is 11.2 Å². The average Bonchev–Trinajstić information content (AvgIpc) is 2.46. The summed E-state index contributed by atoms with van der Waals surface area (Å²) in [6.07, 6.45) is 1.76. The van der Waals surface area contributed by atoms with E-state index in [0.29, 0.717) is 5.02 Å². The van der Waals surface area contributed by atoms with Crippen LogP contribution in [0.3, 0.4) is 0 Å².